The molecule has 2 N–H and O–H groups in total. The van der Waals surface area contributed by atoms with Crippen LogP contribution >= 0.6 is 35.4 Å². The third kappa shape index (κ3) is 4.59. The number of aromatic nitrogens is 1. The Bertz CT molecular complexity index is 1700. The quantitative estimate of drug-likeness (QED) is 0.144. The summed E-state index contributed by atoms with van der Waals surface area (Å²) in [5.41, 5.74) is 2.37. The fraction of sp³-hybridized carbons (Fsp3) is 0. The number of benzene rings is 4. The Morgan fingerprint density at radius 3 is 2.53 bits per heavy atom. The molecule has 1 aromatic heterocycles. The molecule has 0 saturated carbocycles. The highest BCUT2D eigenvalue weighted by atomic mass is 35.5. The van der Waals surface area contributed by atoms with Crippen molar-refractivity contribution in [2.75, 3.05) is 5.32 Å². The zero-order valence-electron chi connectivity index (χ0n) is 18.1. The van der Waals surface area contributed by atoms with Crippen LogP contribution in [-0.2, 0) is 0 Å². The molecule has 0 spiro atoms. The van der Waals surface area contributed by atoms with Gasteiger partial charge in [-0.3, -0.25) is 20.2 Å². The van der Waals surface area contributed by atoms with Crippen molar-refractivity contribution in [1.29, 1.82) is 0 Å². The number of halogens is 2. The van der Waals surface area contributed by atoms with Crippen molar-refractivity contribution in [1.82, 2.24) is 10.3 Å². The number of rotatable bonds is 4. The molecule has 0 aliphatic rings. The van der Waals surface area contributed by atoms with Crippen LogP contribution in [0.25, 0.3) is 33.3 Å². The summed E-state index contributed by atoms with van der Waals surface area (Å²) in [6.07, 6.45) is 0. The number of anilines is 1. The molecule has 11 heteroatoms. The number of hydrogen-bond acceptors (Lipinski definition) is 6. The third-order valence-electron chi connectivity index (χ3n) is 5.38. The number of thiocarbonyl (C=S) groups is 1. The molecular formula is C25H14Cl2N4O4S. The van der Waals surface area contributed by atoms with Crippen LogP contribution in [-0.4, -0.2) is 20.9 Å². The van der Waals surface area contributed by atoms with E-state index < -0.39 is 10.8 Å². The van der Waals surface area contributed by atoms with E-state index in [1.807, 2.05) is 36.4 Å². The van der Waals surface area contributed by atoms with E-state index in [4.69, 9.17) is 39.8 Å². The van der Waals surface area contributed by atoms with Gasteiger partial charge in [-0.2, -0.15) is 0 Å². The summed E-state index contributed by atoms with van der Waals surface area (Å²) in [5.74, 6) is -0.162. The van der Waals surface area contributed by atoms with Crippen molar-refractivity contribution in [3.8, 4) is 11.5 Å². The number of oxazole rings is 1. The normalized spacial score (nSPS) is 10.9. The third-order valence-corrected chi connectivity index (χ3v) is 6.23. The van der Waals surface area contributed by atoms with Gasteiger partial charge in [-0.1, -0.05) is 47.5 Å². The van der Waals surface area contributed by atoms with E-state index >= 15 is 0 Å². The lowest BCUT2D eigenvalue weighted by Crippen LogP contribution is -2.34. The zero-order valence-corrected chi connectivity index (χ0v) is 20.4. The minimum absolute atomic E-state index is 0.0150. The number of nitrogens with one attached hydrogen (secondary N) is 2. The van der Waals surface area contributed by atoms with Gasteiger partial charge in [0, 0.05) is 33.8 Å². The molecule has 0 radical (unpaired) electrons. The number of fused-ring (bicyclic) bond motifs is 2. The molecule has 0 unspecified atom stereocenters. The van der Waals surface area contributed by atoms with Gasteiger partial charge in [0.1, 0.15) is 5.52 Å². The lowest BCUT2D eigenvalue weighted by molar-refractivity contribution is -0.384. The largest absolute Gasteiger partial charge is 0.436 e. The summed E-state index contributed by atoms with van der Waals surface area (Å²) < 4.78 is 5.98. The number of carbonyl (C=O) groups is 1. The first-order chi connectivity index (χ1) is 17.3. The molecule has 36 heavy (non-hydrogen) atoms. The van der Waals surface area contributed by atoms with E-state index in [0.29, 0.717) is 27.7 Å². The van der Waals surface area contributed by atoms with Crippen LogP contribution in [0.4, 0.5) is 11.4 Å². The van der Waals surface area contributed by atoms with Crippen molar-refractivity contribution in [3.05, 3.63) is 98.5 Å². The Balaban J connectivity index is 1.35. The van der Waals surface area contributed by atoms with Crippen molar-refractivity contribution < 1.29 is 14.1 Å². The summed E-state index contributed by atoms with van der Waals surface area (Å²) in [6.45, 7) is 0. The zero-order chi connectivity index (χ0) is 25.4. The van der Waals surface area contributed by atoms with Gasteiger partial charge in [0.25, 0.3) is 11.6 Å². The molecule has 8 nitrogen and oxygen atoms in total. The van der Waals surface area contributed by atoms with Crippen LogP contribution in [0.3, 0.4) is 0 Å². The van der Waals surface area contributed by atoms with E-state index in [2.05, 4.69) is 15.6 Å². The predicted octanol–water partition coefficient (Wildman–Crippen LogP) is 6.99. The van der Waals surface area contributed by atoms with Crippen molar-refractivity contribution in [2.24, 2.45) is 0 Å². The molecule has 5 aromatic rings. The van der Waals surface area contributed by atoms with Crippen LogP contribution in [0, 0.1) is 10.1 Å². The van der Waals surface area contributed by atoms with E-state index in [9.17, 15) is 14.9 Å². The van der Waals surface area contributed by atoms with Crippen LogP contribution in [0.1, 0.15) is 10.4 Å². The Morgan fingerprint density at radius 1 is 0.972 bits per heavy atom. The second-order valence-corrected chi connectivity index (χ2v) is 8.89. The second-order valence-electron chi connectivity index (χ2n) is 7.67. The molecule has 0 fully saturated rings. The molecular weight excluding hydrogens is 523 g/mol. The maximum absolute atomic E-state index is 12.5. The average Bonchev–Trinajstić information content (AvgIpc) is 3.27. The monoisotopic (exact) mass is 536 g/mol. The molecule has 178 valence electrons. The van der Waals surface area contributed by atoms with Gasteiger partial charge in [-0.25, -0.2) is 4.98 Å². The number of hydrogen-bond donors (Lipinski definition) is 2. The molecule has 0 aliphatic carbocycles. The minimum Gasteiger partial charge on any atom is -0.436 e. The van der Waals surface area contributed by atoms with Crippen LogP contribution < -0.4 is 10.6 Å². The molecule has 0 atom stereocenters. The smallest absolute Gasteiger partial charge is 0.270 e. The SMILES string of the molecule is O=C(NC(=S)Nc1ccc2oc(-c3cccc4c(Cl)cccc34)nc2c1)c1ccc([N+](=O)[O-])cc1Cl. The lowest BCUT2D eigenvalue weighted by Gasteiger charge is -2.10. The summed E-state index contributed by atoms with van der Waals surface area (Å²) in [5, 5.41) is 18.7. The highest BCUT2D eigenvalue weighted by Gasteiger charge is 2.17. The van der Waals surface area contributed by atoms with Crippen LogP contribution in [0.2, 0.25) is 10.0 Å². The molecule has 0 bridgehead atoms. The Labute approximate surface area is 219 Å². The molecule has 0 aliphatic heterocycles. The Hall–Kier alpha value is -4.05. The summed E-state index contributed by atoms with van der Waals surface area (Å²) >= 11 is 17.6. The maximum atomic E-state index is 12.5. The topological polar surface area (TPSA) is 110 Å². The average molecular weight is 537 g/mol. The summed E-state index contributed by atoms with van der Waals surface area (Å²) in [6, 6.07) is 20.2. The van der Waals surface area contributed by atoms with E-state index in [1.165, 1.54) is 12.1 Å². The Kier molecular flexibility index (Phi) is 6.27. The number of nitrogens with zero attached hydrogens (tertiary/aromatic N) is 2. The number of nitro benzene ring substituents is 1. The predicted molar refractivity (Wildman–Crippen MR) is 144 cm³/mol. The molecule has 4 aromatic carbocycles. The van der Waals surface area contributed by atoms with E-state index in [-0.39, 0.29) is 21.4 Å². The van der Waals surface area contributed by atoms with Crippen LogP contribution in [0.5, 0.6) is 0 Å². The first-order valence-electron chi connectivity index (χ1n) is 10.4. The number of carbonyl (C=O) groups excluding carboxylic acids is 1. The molecule has 1 heterocycles. The number of amides is 1. The highest BCUT2D eigenvalue weighted by molar-refractivity contribution is 7.80. The van der Waals surface area contributed by atoms with Gasteiger partial charge in [-0.15, -0.1) is 0 Å². The molecule has 0 saturated heterocycles. The van der Waals surface area contributed by atoms with Crippen molar-refractivity contribution in [3.63, 3.8) is 0 Å². The molecule has 5 rings (SSSR count). The fourth-order valence-corrected chi connectivity index (χ4v) is 4.42. The maximum Gasteiger partial charge on any atom is 0.270 e. The van der Waals surface area contributed by atoms with Gasteiger partial charge >= 0.3 is 0 Å². The number of nitro groups is 1. The lowest BCUT2D eigenvalue weighted by atomic mass is 10.0. The van der Waals surface area contributed by atoms with Gasteiger partial charge in [0.2, 0.25) is 5.89 Å². The van der Waals surface area contributed by atoms with Crippen molar-refractivity contribution >= 4 is 79.7 Å². The van der Waals surface area contributed by atoms with Crippen LogP contribution in [0.15, 0.2) is 77.2 Å². The fourth-order valence-electron chi connectivity index (χ4n) is 3.71. The first-order valence-corrected chi connectivity index (χ1v) is 11.6. The highest BCUT2D eigenvalue weighted by Crippen LogP contribution is 2.34. The second kappa shape index (κ2) is 9.54. The number of non-ortho nitro benzene ring substituents is 1. The standard InChI is InChI=1S/C25H14Cl2N4O4S/c26-19-6-2-3-15-16(19)4-1-5-17(15)24-29-21-11-13(7-10-22(21)35-24)28-25(36)30-23(32)18-9-8-14(31(33)34)12-20(18)27/h1-12H,(H2,28,30,32,36). The van der Waals surface area contributed by atoms with E-state index in [1.54, 1.807) is 18.2 Å². The van der Waals surface area contributed by atoms with Gasteiger partial charge in [-0.05, 0) is 54.0 Å². The molecule has 1 amide bonds. The first kappa shape index (κ1) is 23.7. The Morgan fingerprint density at radius 2 is 1.75 bits per heavy atom. The van der Waals surface area contributed by atoms with Crippen molar-refractivity contribution in [2.45, 2.75) is 0 Å². The summed E-state index contributed by atoms with van der Waals surface area (Å²) in [4.78, 5) is 27.4. The van der Waals surface area contributed by atoms with Gasteiger partial charge in [0.05, 0.1) is 15.5 Å². The van der Waals surface area contributed by atoms with Gasteiger partial charge < -0.3 is 9.73 Å². The summed E-state index contributed by atoms with van der Waals surface area (Å²) in [7, 11) is 0. The minimum atomic E-state index is -0.605. The van der Waals surface area contributed by atoms with E-state index in [0.717, 1.165) is 22.4 Å². The van der Waals surface area contributed by atoms with Gasteiger partial charge in [0.15, 0.2) is 10.7 Å².